The molecule has 114 valence electrons. The quantitative estimate of drug-likeness (QED) is 0.669. The predicted octanol–water partition coefficient (Wildman–Crippen LogP) is 2.86. The largest absolute Gasteiger partial charge is 0.493 e. The van der Waals surface area contributed by atoms with Gasteiger partial charge in [0.15, 0.2) is 11.5 Å². The summed E-state index contributed by atoms with van der Waals surface area (Å²) in [6.07, 6.45) is 0. The van der Waals surface area contributed by atoms with Crippen molar-refractivity contribution in [2.24, 2.45) is 5.92 Å². The van der Waals surface area contributed by atoms with Gasteiger partial charge < -0.3 is 19.5 Å². The maximum Gasteiger partial charge on any atom is 0.161 e. The van der Waals surface area contributed by atoms with Gasteiger partial charge in [-0.1, -0.05) is 26.8 Å². The fourth-order valence-electron chi connectivity index (χ4n) is 1.74. The van der Waals surface area contributed by atoms with E-state index in [1.54, 1.807) is 7.11 Å². The molecule has 1 aromatic carbocycles. The van der Waals surface area contributed by atoms with E-state index in [1.165, 1.54) is 5.56 Å². The lowest BCUT2D eigenvalue weighted by Gasteiger charge is -2.13. The van der Waals surface area contributed by atoms with Crippen molar-refractivity contribution in [3.63, 3.8) is 0 Å². The number of hydrogen-bond acceptors (Lipinski definition) is 4. The van der Waals surface area contributed by atoms with Gasteiger partial charge in [-0.3, -0.25) is 0 Å². The lowest BCUT2D eigenvalue weighted by atomic mass is 10.2. The van der Waals surface area contributed by atoms with E-state index in [4.69, 9.17) is 14.2 Å². The third-order valence-electron chi connectivity index (χ3n) is 2.74. The highest BCUT2D eigenvalue weighted by molar-refractivity contribution is 5.42. The zero-order valence-corrected chi connectivity index (χ0v) is 13.1. The van der Waals surface area contributed by atoms with Crippen LogP contribution in [0, 0.1) is 5.92 Å². The van der Waals surface area contributed by atoms with Gasteiger partial charge in [0.25, 0.3) is 0 Å². The third kappa shape index (κ3) is 6.26. The summed E-state index contributed by atoms with van der Waals surface area (Å²) in [6, 6.07) is 6.01. The molecule has 0 radical (unpaired) electrons. The zero-order valence-electron chi connectivity index (χ0n) is 13.1. The van der Waals surface area contributed by atoms with Crippen LogP contribution < -0.4 is 14.8 Å². The molecule has 0 saturated heterocycles. The summed E-state index contributed by atoms with van der Waals surface area (Å²) in [5, 5.41) is 3.29. The van der Waals surface area contributed by atoms with Crippen LogP contribution >= 0.6 is 0 Å². The minimum Gasteiger partial charge on any atom is -0.493 e. The highest BCUT2D eigenvalue weighted by atomic mass is 16.5. The van der Waals surface area contributed by atoms with Crippen LogP contribution in [0.5, 0.6) is 11.5 Å². The molecule has 0 saturated carbocycles. The molecule has 20 heavy (non-hydrogen) atoms. The Balaban J connectivity index is 2.44. The molecule has 0 spiro atoms. The van der Waals surface area contributed by atoms with Gasteiger partial charge in [0.1, 0.15) is 6.61 Å². The average Bonchev–Trinajstić information content (AvgIpc) is 2.45. The Hall–Kier alpha value is -1.26. The number of ether oxygens (including phenoxy) is 3. The van der Waals surface area contributed by atoms with Gasteiger partial charge in [-0.2, -0.15) is 0 Å². The summed E-state index contributed by atoms with van der Waals surface area (Å²) in [5.74, 6) is 2.08. The van der Waals surface area contributed by atoms with Crippen LogP contribution in [0.1, 0.15) is 26.3 Å². The number of nitrogens with one attached hydrogen (secondary N) is 1. The van der Waals surface area contributed by atoms with Crippen molar-refractivity contribution in [3.8, 4) is 11.5 Å². The Labute approximate surface area is 122 Å². The maximum atomic E-state index is 5.70. The Bertz CT molecular complexity index is 380. The summed E-state index contributed by atoms with van der Waals surface area (Å²) in [5.41, 5.74) is 1.19. The molecular weight excluding hydrogens is 254 g/mol. The Morgan fingerprint density at radius 3 is 2.60 bits per heavy atom. The standard InChI is InChI=1S/C16H27NO3/c1-5-17-11-14-6-7-15(16(10-14)18-4)20-9-8-19-12-13(2)3/h6-7,10,13,17H,5,8-9,11-12H2,1-4H3. The van der Waals surface area contributed by atoms with Crippen molar-refractivity contribution in [2.75, 3.05) is 33.5 Å². The summed E-state index contributed by atoms with van der Waals surface area (Å²) >= 11 is 0. The summed E-state index contributed by atoms with van der Waals surface area (Å²) in [6.45, 7) is 10.0. The summed E-state index contributed by atoms with van der Waals surface area (Å²) < 4.78 is 16.6. The van der Waals surface area contributed by atoms with E-state index in [9.17, 15) is 0 Å². The van der Waals surface area contributed by atoms with E-state index in [0.717, 1.165) is 31.2 Å². The van der Waals surface area contributed by atoms with E-state index in [1.807, 2.05) is 12.1 Å². The molecular formula is C16H27NO3. The molecule has 0 aliphatic heterocycles. The highest BCUT2D eigenvalue weighted by Crippen LogP contribution is 2.27. The molecule has 4 nitrogen and oxygen atoms in total. The zero-order chi connectivity index (χ0) is 14.8. The minimum absolute atomic E-state index is 0.537. The molecule has 1 aromatic rings. The predicted molar refractivity (Wildman–Crippen MR) is 81.5 cm³/mol. The molecule has 0 aromatic heterocycles. The Kier molecular flexibility index (Phi) is 8.07. The van der Waals surface area contributed by atoms with Crippen molar-refractivity contribution in [1.29, 1.82) is 0 Å². The molecule has 0 fully saturated rings. The molecule has 0 unspecified atom stereocenters. The van der Waals surface area contributed by atoms with Crippen LogP contribution in [-0.2, 0) is 11.3 Å². The molecule has 1 N–H and O–H groups in total. The number of hydrogen-bond donors (Lipinski definition) is 1. The van der Waals surface area contributed by atoms with Gasteiger partial charge in [-0.15, -0.1) is 0 Å². The lowest BCUT2D eigenvalue weighted by molar-refractivity contribution is 0.0811. The first-order valence-electron chi connectivity index (χ1n) is 7.25. The van der Waals surface area contributed by atoms with Crippen molar-refractivity contribution >= 4 is 0 Å². The molecule has 4 heteroatoms. The fraction of sp³-hybridized carbons (Fsp3) is 0.625. The average molecular weight is 281 g/mol. The van der Waals surface area contributed by atoms with Gasteiger partial charge in [0, 0.05) is 13.2 Å². The van der Waals surface area contributed by atoms with E-state index in [2.05, 4.69) is 32.2 Å². The van der Waals surface area contributed by atoms with Crippen LogP contribution in [0.4, 0.5) is 0 Å². The number of rotatable bonds is 10. The number of benzene rings is 1. The first-order valence-corrected chi connectivity index (χ1v) is 7.25. The van der Waals surface area contributed by atoms with Crippen LogP contribution in [0.15, 0.2) is 18.2 Å². The van der Waals surface area contributed by atoms with Crippen molar-refractivity contribution in [3.05, 3.63) is 23.8 Å². The smallest absolute Gasteiger partial charge is 0.161 e. The fourth-order valence-corrected chi connectivity index (χ4v) is 1.74. The minimum atomic E-state index is 0.537. The van der Waals surface area contributed by atoms with Crippen LogP contribution in [0.2, 0.25) is 0 Å². The second kappa shape index (κ2) is 9.61. The monoisotopic (exact) mass is 281 g/mol. The van der Waals surface area contributed by atoms with Gasteiger partial charge in [-0.05, 0) is 30.2 Å². The van der Waals surface area contributed by atoms with E-state index in [0.29, 0.717) is 19.1 Å². The molecule has 1 rings (SSSR count). The molecule has 0 amide bonds. The van der Waals surface area contributed by atoms with E-state index < -0.39 is 0 Å². The molecule has 0 aliphatic rings. The van der Waals surface area contributed by atoms with Gasteiger partial charge in [0.2, 0.25) is 0 Å². The molecule has 0 aliphatic carbocycles. The second-order valence-corrected chi connectivity index (χ2v) is 5.08. The van der Waals surface area contributed by atoms with Crippen LogP contribution in [0.3, 0.4) is 0 Å². The van der Waals surface area contributed by atoms with Gasteiger partial charge in [0.05, 0.1) is 13.7 Å². The SMILES string of the molecule is CCNCc1ccc(OCCOCC(C)C)c(OC)c1. The first kappa shape index (κ1) is 16.8. The van der Waals surface area contributed by atoms with Crippen LogP contribution in [0.25, 0.3) is 0 Å². The molecule has 0 atom stereocenters. The summed E-state index contributed by atoms with van der Waals surface area (Å²) in [7, 11) is 1.66. The topological polar surface area (TPSA) is 39.7 Å². The van der Waals surface area contributed by atoms with Crippen molar-refractivity contribution < 1.29 is 14.2 Å². The van der Waals surface area contributed by atoms with E-state index >= 15 is 0 Å². The van der Waals surface area contributed by atoms with Crippen molar-refractivity contribution in [2.45, 2.75) is 27.3 Å². The Morgan fingerprint density at radius 1 is 1.15 bits per heavy atom. The normalized spacial score (nSPS) is 10.8. The summed E-state index contributed by atoms with van der Waals surface area (Å²) in [4.78, 5) is 0. The second-order valence-electron chi connectivity index (χ2n) is 5.08. The van der Waals surface area contributed by atoms with Gasteiger partial charge >= 0.3 is 0 Å². The lowest BCUT2D eigenvalue weighted by Crippen LogP contribution is -2.12. The first-order chi connectivity index (χ1) is 9.67. The van der Waals surface area contributed by atoms with Crippen molar-refractivity contribution in [1.82, 2.24) is 5.32 Å². The third-order valence-corrected chi connectivity index (χ3v) is 2.74. The van der Waals surface area contributed by atoms with Crippen LogP contribution in [-0.4, -0.2) is 33.5 Å². The van der Waals surface area contributed by atoms with Gasteiger partial charge in [-0.25, -0.2) is 0 Å². The molecule has 0 heterocycles. The van der Waals surface area contributed by atoms with E-state index in [-0.39, 0.29) is 0 Å². The highest BCUT2D eigenvalue weighted by Gasteiger charge is 2.05. The molecule has 0 bridgehead atoms. The number of methoxy groups -OCH3 is 1. The maximum absolute atomic E-state index is 5.70. The Morgan fingerprint density at radius 2 is 1.95 bits per heavy atom.